The number of nitrogens with one attached hydrogen (secondary N) is 1. The molecular formula is C20H33Cl2N3O. The SMILES string of the molecule is CCN(c1ccc(C(=O)N2CCC3(CCNC3)CC2)cc1)C(C)C.Cl.Cl. The van der Waals surface area contributed by atoms with Crippen LogP contribution in [-0.4, -0.2) is 49.6 Å². The maximum Gasteiger partial charge on any atom is 0.253 e. The summed E-state index contributed by atoms with van der Waals surface area (Å²) in [5, 5.41) is 3.48. The third-order valence-electron chi connectivity index (χ3n) is 5.85. The molecule has 0 radical (unpaired) electrons. The molecule has 0 saturated carbocycles. The summed E-state index contributed by atoms with van der Waals surface area (Å²) in [6, 6.07) is 8.62. The van der Waals surface area contributed by atoms with Gasteiger partial charge in [0.05, 0.1) is 0 Å². The molecule has 0 unspecified atom stereocenters. The third-order valence-corrected chi connectivity index (χ3v) is 5.85. The van der Waals surface area contributed by atoms with E-state index >= 15 is 0 Å². The van der Waals surface area contributed by atoms with E-state index in [1.807, 2.05) is 17.0 Å². The first-order valence-corrected chi connectivity index (χ1v) is 9.41. The van der Waals surface area contributed by atoms with Crippen LogP contribution in [-0.2, 0) is 0 Å². The van der Waals surface area contributed by atoms with Gasteiger partial charge in [0.1, 0.15) is 0 Å². The van der Waals surface area contributed by atoms with Crippen molar-refractivity contribution < 1.29 is 4.79 Å². The fourth-order valence-corrected chi connectivity index (χ4v) is 4.23. The van der Waals surface area contributed by atoms with Gasteiger partial charge in [-0.1, -0.05) is 0 Å². The summed E-state index contributed by atoms with van der Waals surface area (Å²) in [5.41, 5.74) is 2.47. The van der Waals surface area contributed by atoms with Crippen LogP contribution >= 0.6 is 24.8 Å². The smallest absolute Gasteiger partial charge is 0.253 e. The second-order valence-electron chi connectivity index (χ2n) is 7.65. The van der Waals surface area contributed by atoms with E-state index in [0.717, 1.165) is 51.1 Å². The minimum atomic E-state index is 0. The van der Waals surface area contributed by atoms with Gasteiger partial charge in [0, 0.05) is 43.5 Å². The molecular weight excluding hydrogens is 369 g/mol. The van der Waals surface area contributed by atoms with Crippen molar-refractivity contribution in [3.05, 3.63) is 29.8 Å². The van der Waals surface area contributed by atoms with Crippen molar-refractivity contribution >= 4 is 36.4 Å². The molecule has 2 fully saturated rings. The Hall–Kier alpha value is -0.970. The molecule has 148 valence electrons. The highest BCUT2D eigenvalue weighted by Gasteiger charge is 2.38. The van der Waals surface area contributed by atoms with Crippen molar-refractivity contribution in [3.8, 4) is 0 Å². The zero-order valence-electron chi connectivity index (χ0n) is 16.2. The van der Waals surface area contributed by atoms with E-state index in [9.17, 15) is 4.79 Å². The molecule has 4 nitrogen and oxygen atoms in total. The quantitative estimate of drug-likeness (QED) is 0.828. The van der Waals surface area contributed by atoms with Crippen LogP contribution in [0, 0.1) is 5.41 Å². The van der Waals surface area contributed by atoms with Crippen molar-refractivity contribution in [2.45, 2.75) is 46.1 Å². The van der Waals surface area contributed by atoms with Crippen molar-refractivity contribution in [1.82, 2.24) is 10.2 Å². The molecule has 0 aliphatic carbocycles. The topological polar surface area (TPSA) is 35.6 Å². The lowest BCUT2D eigenvalue weighted by Crippen LogP contribution is -2.44. The van der Waals surface area contributed by atoms with Gasteiger partial charge in [-0.05, 0) is 76.3 Å². The summed E-state index contributed by atoms with van der Waals surface area (Å²) in [6.07, 6.45) is 3.55. The van der Waals surface area contributed by atoms with Gasteiger partial charge in [-0.3, -0.25) is 4.79 Å². The van der Waals surface area contributed by atoms with Crippen LogP contribution in [0.2, 0.25) is 0 Å². The highest BCUT2D eigenvalue weighted by molar-refractivity contribution is 5.94. The lowest BCUT2D eigenvalue weighted by atomic mass is 9.78. The van der Waals surface area contributed by atoms with E-state index in [-0.39, 0.29) is 30.7 Å². The fraction of sp³-hybridized carbons (Fsp3) is 0.650. The number of anilines is 1. The minimum Gasteiger partial charge on any atom is -0.369 e. The van der Waals surface area contributed by atoms with E-state index in [0.29, 0.717) is 11.5 Å². The van der Waals surface area contributed by atoms with Gasteiger partial charge in [0.2, 0.25) is 0 Å². The van der Waals surface area contributed by atoms with Crippen molar-refractivity contribution in [2.75, 3.05) is 37.6 Å². The molecule has 3 rings (SSSR count). The predicted molar refractivity (Wildman–Crippen MR) is 114 cm³/mol. The van der Waals surface area contributed by atoms with E-state index in [4.69, 9.17) is 0 Å². The molecule has 2 aliphatic rings. The van der Waals surface area contributed by atoms with Crippen LogP contribution in [0.3, 0.4) is 0 Å². The normalized spacial score (nSPS) is 18.4. The third kappa shape index (κ3) is 4.85. The number of carbonyl (C=O) groups excluding carboxylic acids is 1. The second-order valence-corrected chi connectivity index (χ2v) is 7.65. The number of carbonyl (C=O) groups is 1. The molecule has 1 spiro atoms. The minimum absolute atomic E-state index is 0. The number of piperidine rings is 1. The van der Waals surface area contributed by atoms with Crippen molar-refractivity contribution in [1.29, 1.82) is 0 Å². The average molecular weight is 402 g/mol. The zero-order chi connectivity index (χ0) is 17.2. The number of rotatable bonds is 4. The van der Waals surface area contributed by atoms with Crippen LogP contribution in [0.15, 0.2) is 24.3 Å². The largest absolute Gasteiger partial charge is 0.369 e. The van der Waals surface area contributed by atoms with Gasteiger partial charge in [-0.15, -0.1) is 24.8 Å². The Morgan fingerprint density at radius 3 is 2.23 bits per heavy atom. The summed E-state index contributed by atoms with van der Waals surface area (Å²) in [6.45, 7) is 11.6. The molecule has 2 heterocycles. The van der Waals surface area contributed by atoms with Crippen LogP contribution < -0.4 is 10.2 Å². The number of benzene rings is 1. The number of likely N-dealkylation sites (tertiary alicyclic amines) is 1. The molecule has 1 N–H and O–H groups in total. The monoisotopic (exact) mass is 401 g/mol. The Labute approximate surface area is 170 Å². The average Bonchev–Trinajstić information content (AvgIpc) is 3.04. The Bertz CT molecular complexity index is 561. The molecule has 26 heavy (non-hydrogen) atoms. The molecule has 1 aromatic rings. The second kappa shape index (κ2) is 9.82. The molecule has 6 heteroatoms. The van der Waals surface area contributed by atoms with Crippen LogP contribution in [0.25, 0.3) is 0 Å². The van der Waals surface area contributed by atoms with Crippen LogP contribution in [0.5, 0.6) is 0 Å². The maximum atomic E-state index is 12.8. The van der Waals surface area contributed by atoms with Gasteiger partial charge < -0.3 is 15.1 Å². The molecule has 0 aromatic heterocycles. The fourth-order valence-electron chi connectivity index (χ4n) is 4.23. The first kappa shape index (κ1) is 23.1. The van der Waals surface area contributed by atoms with Gasteiger partial charge in [-0.2, -0.15) is 0 Å². The first-order valence-electron chi connectivity index (χ1n) is 9.41. The Balaban J connectivity index is 0.00000169. The van der Waals surface area contributed by atoms with Crippen LogP contribution in [0.1, 0.15) is 50.4 Å². The standard InChI is InChI=1S/C20H31N3O.2ClH/c1-4-23(16(2)3)18-7-5-17(6-8-18)19(24)22-13-10-20(11-14-22)9-12-21-15-20;;/h5-8,16,21H,4,9-15H2,1-3H3;2*1H. The van der Waals surface area contributed by atoms with E-state index in [2.05, 4.69) is 43.1 Å². The van der Waals surface area contributed by atoms with E-state index in [1.165, 1.54) is 12.1 Å². The summed E-state index contributed by atoms with van der Waals surface area (Å²) in [4.78, 5) is 17.2. The van der Waals surface area contributed by atoms with Crippen molar-refractivity contribution in [2.24, 2.45) is 5.41 Å². The Morgan fingerprint density at radius 2 is 1.77 bits per heavy atom. The summed E-state index contributed by atoms with van der Waals surface area (Å²) < 4.78 is 0. The summed E-state index contributed by atoms with van der Waals surface area (Å²) in [5.74, 6) is 0.190. The van der Waals surface area contributed by atoms with Gasteiger partial charge >= 0.3 is 0 Å². The van der Waals surface area contributed by atoms with E-state index in [1.54, 1.807) is 0 Å². The number of amides is 1. The molecule has 2 aliphatic heterocycles. The van der Waals surface area contributed by atoms with Crippen molar-refractivity contribution in [3.63, 3.8) is 0 Å². The molecule has 1 amide bonds. The highest BCUT2D eigenvalue weighted by atomic mass is 35.5. The molecule has 0 atom stereocenters. The predicted octanol–water partition coefficient (Wildman–Crippen LogP) is 3.98. The van der Waals surface area contributed by atoms with Gasteiger partial charge in [0.15, 0.2) is 0 Å². The van der Waals surface area contributed by atoms with E-state index < -0.39 is 0 Å². The van der Waals surface area contributed by atoms with Gasteiger partial charge in [0.25, 0.3) is 5.91 Å². The van der Waals surface area contributed by atoms with Gasteiger partial charge in [-0.25, -0.2) is 0 Å². The lowest BCUT2D eigenvalue weighted by Gasteiger charge is -2.39. The van der Waals surface area contributed by atoms with Crippen LogP contribution in [0.4, 0.5) is 5.69 Å². The highest BCUT2D eigenvalue weighted by Crippen LogP contribution is 2.37. The summed E-state index contributed by atoms with van der Waals surface area (Å²) >= 11 is 0. The maximum absolute atomic E-state index is 12.8. The number of hydrogen-bond acceptors (Lipinski definition) is 3. The zero-order valence-corrected chi connectivity index (χ0v) is 17.8. The Kier molecular flexibility index (Phi) is 8.71. The first-order chi connectivity index (χ1) is 11.5. The number of halogens is 2. The molecule has 1 aromatic carbocycles. The summed E-state index contributed by atoms with van der Waals surface area (Å²) in [7, 11) is 0. The number of nitrogens with zero attached hydrogens (tertiary/aromatic N) is 2. The molecule has 2 saturated heterocycles. The number of hydrogen-bond donors (Lipinski definition) is 1. The molecule has 0 bridgehead atoms. The lowest BCUT2D eigenvalue weighted by molar-refractivity contribution is 0.0607. The Morgan fingerprint density at radius 1 is 1.15 bits per heavy atom.